The Morgan fingerprint density at radius 2 is 1.77 bits per heavy atom. The van der Waals surface area contributed by atoms with Crippen LogP contribution >= 0.6 is 0 Å². The normalized spacial score (nSPS) is 18.9. The number of amides is 1. The van der Waals surface area contributed by atoms with E-state index in [1.165, 1.54) is 0 Å². The lowest BCUT2D eigenvalue weighted by molar-refractivity contribution is -0.181. The zero-order valence-electron chi connectivity index (χ0n) is 14.8. The lowest BCUT2D eigenvalue weighted by Gasteiger charge is -2.37. The van der Waals surface area contributed by atoms with Crippen LogP contribution in [0.1, 0.15) is 23.3 Å². The maximum atomic E-state index is 12.7. The van der Waals surface area contributed by atoms with Crippen LogP contribution in [0.2, 0.25) is 0 Å². The van der Waals surface area contributed by atoms with Gasteiger partial charge in [0.2, 0.25) is 0 Å². The van der Waals surface area contributed by atoms with Gasteiger partial charge in [-0.1, -0.05) is 18.2 Å². The maximum absolute atomic E-state index is 12.7. The molecule has 26 heavy (non-hydrogen) atoms. The van der Waals surface area contributed by atoms with E-state index in [0.29, 0.717) is 50.7 Å². The van der Waals surface area contributed by atoms with Gasteiger partial charge in [-0.05, 0) is 12.1 Å². The number of rotatable bonds is 3. The van der Waals surface area contributed by atoms with Gasteiger partial charge in [0.25, 0.3) is 5.91 Å². The highest BCUT2D eigenvalue weighted by Crippen LogP contribution is 2.31. The van der Waals surface area contributed by atoms with Crippen molar-refractivity contribution < 1.29 is 14.3 Å². The minimum Gasteiger partial charge on any atom is -0.347 e. The first-order valence-corrected chi connectivity index (χ1v) is 8.85. The van der Waals surface area contributed by atoms with Crippen molar-refractivity contribution in [2.45, 2.75) is 18.6 Å². The van der Waals surface area contributed by atoms with Gasteiger partial charge in [0.15, 0.2) is 11.6 Å². The summed E-state index contributed by atoms with van der Waals surface area (Å²) in [5, 5.41) is 0. The molecular formula is C19H22N4O3. The smallest absolute Gasteiger partial charge is 0.274 e. The monoisotopic (exact) mass is 354 g/mol. The number of para-hydroxylation sites is 1. The zero-order valence-corrected chi connectivity index (χ0v) is 14.8. The van der Waals surface area contributed by atoms with E-state index >= 15 is 0 Å². The quantitative estimate of drug-likeness (QED) is 0.842. The van der Waals surface area contributed by atoms with E-state index in [9.17, 15) is 4.79 Å². The first-order valence-electron chi connectivity index (χ1n) is 8.85. The molecule has 0 radical (unpaired) electrons. The fraction of sp³-hybridized carbons (Fsp3) is 0.421. The van der Waals surface area contributed by atoms with Crippen LogP contribution in [-0.4, -0.2) is 59.9 Å². The summed E-state index contributed by atoms with van der Waals surface area (Å²) < 4.78 is 11.4. The Hall–Kier alpha value is -2.51. The third-order valence-electron chi connectivity index (χ3n) is 4.97. The second kappa shape index (κ2) is 7.01. The van der Waals surface area contributed by atoms with Crippen molar-refractivity contribution in [3.8, 4) is 0 Å². The fourth-order valence-corrected chi connectivity index (χ4v) is 3.39. The summed E-state index contributed by atoms with van der Waals surface area (Å²) in [5.41, 5.74) is 1.37. The van der Waals surface area contributed by atoms with Crippen LogP contribution in [0.15, 0.2) is 42.7 Å². The number of likely N-dealkylation sites (tertiary alicyclic amines) is 1. The molecule has 2 aliphatic heterocycles. The summed E-state index contributed by atoms with van der Waals surface area (Å²) in [5.74, 6) is 0.113. The van der Waals surface area contributed by atoms with Gasteiger partial charge in [0.05, 0.1) is 25.6 Å². The Morgan fingerprint density at radius 3 is 2.38 bits per heavy atom. The molecule has 0 atom stereocenters. The van der Waals surface area contributed by atoms with Crippen LogP contribution in [0.3, 0.4) is 0 Å². The van der Waals surface area contributed by atoms with E-state index in [2.05, 4.69) is 9.97 Å². The average molecular weight is 354 g/mol. The molecule has 0 unspecified atom stereocenters. The van der Waals surface area contributed by atoms with E-state index in [1.807, 2.05) is 42.3 Å². The van der Waals surface area contributed by atoms with Gasteiger partial charge < -0.3 is 19.3 Å². The summed E-state index contributed by atoms with van der Waals surface area (Å²) in [4.78, 5) is 25.1. The Kier molecular flexibility index (Phi) is 4.57. The molecule has 1 amide bonds. The second-order valence-corrected chi connectivity index (χ2v) is 6.55. The van der Waals surface area contributed by atoms with Gasteiger partial charge in [-0.15, -0.1) is 0 Å². The maximum Gasteiger partial charge on any atom is 0.274 e. The number of carbonyl (C=O) groups is 1. The Bertz CT molecular complexity index is 750. The Balaban J connectivity index is 1.41. The van der Waals surface area contributed by atoms with Gasteiger partial charge in [0, 0.05) is 38.7 Å². The molecule has 2 aliphatic rings. The van der Waals surface area contributed by atoms with Crippen LogP contribution < -0.4 is 4.90 Å². The number of anilines is 2. The molecule has 4 rings (SSSR count). The van der Waals surface area contributed by atoms with E-state index in [0.717, 1.165) is 5.69 Å². The number of carbonyl (C=O) groups excluding carboxylic acids is 1. The fourth-order valence-electron chi connectivity index (χ4n) is 3.39. The van der Waals surface area contributed by atoms with E-state index in [-0.39, 0.29) is 5.91 Å². The lowest BCUT2D eigenvalue weighted by atomic mass is 10.0. The molecule has 1 aromatic carbocycles. The largest absolute Gasteiger partial charge is 0.347 e. The van der Waals surface area contributed by atoms with Crippen LogP contribution in [-0.2, 0) is 9.47 Å². The van der Waals surface area contributed by atoms with E-state index in [1.54, 1.807) is 17.3 Å². The molecule has 1 aromatic heterocycles. The van der Waals surface area contributed by atoms with Gasteiger partial charge in [-0.2, -0.15) is 0 Å². The molecule has 3 heterocycles. The highest BCUT2D eigenvalue weighted by molar-refractivity contribution is 5.92. The van der Waals surface area contributed by atoms with Crippen molar-refractivity contribution in [2.75, 3.05) is 38.3 Å². The number of piperidine rings is 1. The second-order valence-electron chi connectivity index (χ2n) is 6.55. The Labute approximate surface area is 152 Å². The third-order valence-corrected chi connectivity index (χ3v) is 4.97. The first-order chi connectivity index (χ1) is 12.7. The van der Waals surface area contributed by atoms with Crippen molar-refractivity contribution in [3.05, 3.63) is 48.4 Å². The molecule has 2 aromatic rings. The summed E-state index contributed by atoms with van der Waals surface area (Å²) in [6.45, 7) is 2.48. The van der Waals surface area contributed by atoms with Crippen molar-refractivity contribution in [1.82, 2.24) is 14.9 Å². The molecule has 1 spiro atoms. The third kappa shape index (κ3) is 3.27. The number of nitrogens with zero attached hydrogens (tertiary/aromatic N) is 4. The van der Waals surface area contributed by atoms with Gasteiger partial charge in [0.1, 0.15) is 5.69 Å². The molecule has 2 saturated heterocycles. The molecule has 2 fully saturated rings. The SMILES string of the molecule is CN(c1ccccc1)c1cnc(C(=O)N2CCC3(CC2)OCCO3)cn1. The summed E-state index contributed by atoms with van der Waals surface area (Å²) in [6, 6.07) is 9.90. The lowest BCUT2D eigenvalue weighted by Crippen LogP contribution is -2.47. The van der Waals surface area contributed by atoms with Gasteiger partial charge in [-0.3, -0.25) is 4.79 Å². The summed E-state index contributed by atoms with van der Waals surface area (Å²) >= 11 is 0. The standard InChI is InChI=1S/C19H22N4O3/c1-22(15-5-3-2-4-6-15)17-14-20-16(13-21-17)18(24)23-9-7-19(8-10-23)25-11-12-26-19/h2-6,13-14H,7-12H2,1H3. The molecule has 0 saturated carbocycles. The molecule has 136 valence electrons. The molecule has 0 N–H and O–H groups in total. The van der Waals surface area contributed by atoms with Crippen molar-refractivity contribution in [1.29, 1.82) is 0 Å². The molecule has 7 heteroatoms. The minimum atomic E-state index is -0.481. The highest BCUT2D eigenvalue weighted by Gasteiger charge is 2.41. The van der Waals surface area contributed by atoms with Crippen molar-refractivity contribution in [3.63, 3.8) is 0 Å². The van der Waals surface area contributed by atoms with Crippen LogP contribution in [0.5, 0.6) is 0 Å². The highest BCUT2D eigenvalue weighted by atomic mass is 16.7. The van der Waals surface area contributed by atoms with Gasteiger partial charge in [-0.25, -0.2) is 9.97 Å². The summed E-state index contributed by atoms with van der Waals surface area (Å²) in [7, 11) is 1.92. The number of ether oxygens (including phenoxy) is 2. The van der Waals surface area contributed by atoms with E-state index < -0.39 is 5.79 Å². The van der Waals surface area contributed by atoms with Crippen LogP contribution in [0, 0.1) is 0 Å². The molecule has 7 nitrogen and oxygen atoms in total. The topological polar surface area (TPSA) is 67.8 Å². The predicted molar refractivity (Wildman–Crippen MR) is 96.3 cm³/mol. The van der Waals surface area contributed by atoms with Crippen LogP contribution in [0.25, 0.3) is 0 Å². The van der Waals surface area contributed by atoms with Crippen molar-refractivity contribution >= 4 is 17.4 Å². The number of benzene rings is 1. The van der Waals surface area contributed by atoms with Crippen LogP contribution in [0.4, 0.5) is 11.5 Å². The summed E-state index contributed by atoms with van der Waals surface area (Å²) in [6.07, 6.45) is 4.57. The molecule has 0 bridgehead atoms. The predicted octanol–water partition coefficient (Wildman–Crippen LogP) is 2.22. The van der Waals surface area contributed by atoms with E-state index in [4.69, 9.17) is 9.47 Å². The molecular weight excluding hydrogens is 332 g/mol. The molecule has 0 aliphatic carbocycles. The minimum absolute atomic E-state index is 0.0979. The number of aromatic nitrogens is 2. The Morgan fingerprint density at radius 1 is 1.08 bits per heavy atom. The number of hydrogen-bond acceptors (Lipinski definition) is 6. The average Bonchev–Trinajstić information content (AvgIpc) is 3.16. The van der Waals surface area contributed by atoms with Gasteiger partial charge >= 0.3 is 0 Å². The van der Waals surface area contributed by atoms with Crippen molar-refractivity contribution in [2.24, 2.45) is 0 Å². The first kappa shape index (κ1) is 16.9. The zero-order chi connectivity index (χ0) is 18.0. The number of hydrogen-bond donors (Lipinski definition) is 0.